The van der Waals surface area contributed by atoms with Gasteiger partial charge in [-0.05, 0) is 50.4 Å². The lowest BCUT2D eigenvalue weighted by Gasteiger charge is -2.42. The van der Waals surface area contributed by atoms with E-state index in [0.29, 0.717) is 11.5 Å². The summed E-state index contributed by atoms with van der Waals surface area (Å²) < 4.78 is 8.31. The zero-order valence-corrected chi connectivity index (χ0v) is 13.9. The van der Waals surface area contributed by atoms with Crippen molar-refractivity contribution in [2.24, 2.45) is 5.41 Å². The topological polar surface area (TPSA) is 43.2 Å². The molecule has 2 heterocycles. The maximum absolute atomic E-state index is 5.91. The molecule has 0 N–H and O–H groups in total. The Balaban J connectivity index is 1.65. The van der Waals surface area contributed by atoms with Gasteiger partial charge in [0, 0.05) is 26.2 Å². The van der Waals surface area contributed by atoms with Crippen LogP contribution in [0.4, 0.5) is 5.95 Å². The van der Waals surface area contributed by atoms with E-state index in [-0.39, 0.29) is 6.10 Å². The molecule has 4 rings (SSSR count). The van der Waals surface area contributed by atoms with Crippen LogP contribution in [0, 0.1) is 5.41 Å². The minimum atomic E-state index is 0.155. The van der Waals surface area contributed by atoms with Crippen LogP contribution in [-0.4, -0.2) is 34.5 Å². The minimum absolute atomic E-state index is 0.155. The number of ether oxygens (including phenoxy) is 1. The highest BCUT2D eigenvalue weighted by Gasteiger charge is 2.39. The molecular weight excluding hydrogens is 276 g/mol. The van der Waals surface area contributed by atoms with E-state index in [9.17, 15) is 0 Å². The second kappa shape index (κ2) is 5.52. The Morgan fingerprint density at radius 2 is 2.05 bits per heavy atom. The molecule has 0 bridgehead atoms. The normalized spacial score (nSPS) is 26.9. The molecule has 0 spiro atoms. The van der Waals surface area contributed by atoms with E-state index in [1.807, 2.05) is 0 Å². The molecule has 2 aliphatic carbocycles. The average Bonchev–Trinajstić information content (AvgIpc) is 3.04. The van der Waals surface area contributed by atoms with Crippen molar-refractivity contribution in [2.45, 2.75) is 77.0 Å². The zero-order valence-electron chi connectivity index (χ0n) is 13.9. The zero-order chi connectivity index (χ0) is 15.2. The minimum Gasteiger partial charge on any atom is -0.370 e. The van der Waals surface area contributed by atoms with Crippen LogP contribution in [0.3, 0.4) is 0 Å². The van der Waals surface area contributed by atoms with Gasteiger partial charge in [0.1, 0.15) is 6.10 Å². The van der Waals surface area contributed by atoms with Crippen LogP contribution in [0.15, 0.2) is 0 Å². The highest BCUT2D eigenvalue weighted by molar-refractivity contribution is 5.34. The highest BCUT2D eigenvalue weighted by Crippen LogP contribution is 2.46. The van der Waals surface area contributed by atoms with Crippen molar-refractivity contribution >= 4 is 5.95 Å². The molecule has 0 amide bonds. The lowest BCUT2D eigenvalue weighted by Crippen LogP contribution is -2.36. The van der Waals surface area contributed by atoms with Crippen molar-refractivity contribution in [3.63, 3.8) is 0 Å². The number of aromatic nitrogens is 3. The summed E-state index contributed by atoms with van der Waals surface area (Å²) in [5.74, 6) is 2.13. The molecule has 1 aliphatic heterocycles. The standard InChI is InChI=1S/C17H28N4O/c1-3-17(9-5-10-17)12-21-15(14-6-4-11-22-14)18-19-16(21)20(2)13-7-8-13/h13-14H,3-12H2,1-2H3. The van der Waals surface area contributed by atoms with Crippen molar-refractivity contribution in [3.05, 3.63) is 5.82 Å². The van der Waals surface area contributed by atoms with Crippen LogP contribution in [0.5, 0.6) is 0 Å². The lowest BCUT2D eigenvalue weighted by molar-refractivity contribution is 0.0794. The molecule has 1 aromatic heterocycles. The fraction of sp³-hybridized carbons (Fsp3) is 0.882. The predicted molar refractivity (Wildman–Crippen MR) is 85.9 cm³/mol. The molecule has 5 nitrogen and oxygen atoms in total. The summed E-state index contributed by atoms with van der Waals surface area (Å²) in [5, 5.41) is 9.11. The summed E-state index contributed by atoms with van der Waals surface area (Å²) in [6.45, 7) is 4.27. The van der Waals surface area contributed by atoms with Crippen LogP contribution in [0.2, 0.25) is 0 Å². The molecule has 2 saturated carbocycles. The summed E-state index contributed by atoms with van der Waals surface area (Å²) in [5.41, 5.74) is 0.467. The van der Waals surface area contributed by atoms with Gasteiger partial charge in [-0.2, -0.15) is 0 Å². The number of nitrogens with zero attached hydrogens (tertiary/aromatic N) is 4. The van der Waals surface area contributed by atoms with Gasteiger partial charge in [-0.25, -0.2) is 0 Å². The van der Waals surface area contributed by atoms with Crippen molar-refractivity contribution in [1.82, 2.24) is 14.8 Å². The van der Waals surface area contributed by atoms with E-state index >= 15 is 0 Å². The largest absolute Gasteiger partial charge is 0.370 e. The molecule has 1 atom stereocenters. The first-order valence-corrected chi connectivity index (χ1v) is 9.00. The van der Waals surface area contributed by atoms with E-state index in [4.69, 9.17) is 4.74 Å². The van der Waals surface area contributed by atoms with Gasteiger partial charge in [-0.1, -0.05) is 13.3 Å². The van der Waals surface area contributed by atoms with Gasteiger partial charge >= 0.3 is 0 Å². The van der Waals surface area contributed by atoms with E-state index in [1.54, 1.807) is 0 Å². The SMILES string of the molecule is CCC1(Cn2c(C3CCCO3)nnc2N(C)C2CC2)CCC1. The highest BCUT2D eigenvalue weighted by atomic mass is 16.5. The van der Waals surface area contributed by atoms with Gasteiger partial charge in [-0.3, -0.25) is 4.57 Å². The second-order valence-electron chi connectivity index (χ2n) is 7.50. The number of anilines is 1. The van der Waals surface area contributed by atoms with Crippen LogP contribution in [0.1, 0.15) is 70.2 Å². The first kappa shape index (κ1) is 14.5. The summed E-state index contributed by atoms with van der Waals surface area (Å²) in [4.78, 5) is 2.34. The lowest BCUT2D eigenvalue weighted by atomic mass is 9.67. The Bertz CT molecular complexity index is 502. The number of hydrogen-bond donors (Lipinski definition) is 0. The summed E-state index contributed by atoms with van der Waals surface area (Å²) in [6, 6.07) is 0.666. The predicted octanol–water partition coefficient (Wildman–Crippen LogP) is 3.31. The smallest absolute Gasteiger partial charge is 0.227 e. The van der Waals surface area contributed by atoms with Gasteiger partial charge in [0.2, 0.25) is 5.95 Å². The summed E-state index contributed by atoms with van der Waals surface area (Å²) >= 11 is 0. The summed E-state index contributed by atoms with van der Waals surface area (Å²) in [6.07, 6.45) is 10.3. The van der Waals surface area contributed by atoms with E-state index in [0.717, 1.165) is 37.8 Å². The Morgan fingerprint density at radius 1 is 1.23 bits per heavy atom. The Morgan fingerprint density at radius 3 is 2.59 bits per heavy atom. The third kappa shape index (κ3) is 2.43. The Labute approximate surface area is 133 Å². The van der Waals surface area contributed by atoms with E-state index in [1.165, 1.54) is 38.5 Å². The quantitative estimate of drug-likeness (QED) is 0.808. The molecule has 3 fully saturated rings. The van der Waals surface area contributed by atoms with Crippen molar-refractivity contribution < 1.29 is 4.74 Å². The molecule has 1 unspecified atom stereocenters. The van der Waals surface area contributed by atoms with Gasteiger partial charge in [0.15, 0.2) is 5.82 Å². The molecular formula is C17H28N4O. The molecule has 3 aliphatic rings. The third-order valence-corrected chi connectivity index (χ3v) is 6.05. The second-order valence-corrected chi connectivity index (χ2v) is 7.50. The average molecular weight is 304 g/mol. The maximum atomic E-state index is 5.91. The summed E-state index contributed by atoms with van der Waals surface area (Å²) in [7, 11) is 2.18. The van der Waals surface area contributed by atoms with Crippen LogP contribution >= 0.6 is 0 Å². The Hall–Kier alpha value is -1.10. The van der Waals surface area contributed by atoms with Crippen molar-refractivity contribution in [2.75, 3.05) is 18.6 Å². The first-order valence-electron chi connectivity index (χ1n) is 9.00. The molecule has 1 saturated heterocycles. The van der Waals surface area contributed by atoms with Crippen LogP contribution < -0.4 is 4.90 Å². The maximum Gasteiger partial charge on any atom is 0.227 e. The number of rotatable bonds is 6. The molecule has 5 heteroatoms. The van der Waals surface area contributed by atoms with Crippen molar-refractivity contribution in [1.29, 1.82) is 0 Å². The monoisotopic (exact) mass is 304 g/mol. The van der Waals surface area contributed by atoms with Gasteiger partial charge in [-0.15, -0.1) is 10.2 Å². The van der Waals surface area contributed by atoms with Gasteiger partial charge in [0.05, 0.1) is 0 Å². The van der Waals surface area contributed by atoms with E-state index in [2.05, 4.69) is 33.6 Å². The molecule has 122 valence electrons. The molecule has 0 aromatic carbocycles. The van der Waals surface area contributed by atoms with Gasteiger partial charge in [0.25, 0.3) is 0 Å². The van der Waals surface area contributed by atoms with Crippen LogP contribution in [-0.2, 0) is 11.3 Å². The van der Waals surface area contributed by atoms with Crippen molar-refractivity contribution in [3.8, 4) is 0 Å². The van der Waals surface area contributed by atoms with E-state index < -0.39 is 0 Å². The number of hydrogen-bond acceptors (Lipinski definition) is 4. The van der Waals surface area contributed by atoms with Gasteiger partial charge < -0.3 is 9.64 Å². The van der Waals surface area contributed by atoms with Crippen LogP contribution in [0.25, 0.3) is 0 Å². The molecule has 0 radical (unpaired) electrons. The molecule has 1 aromatic rings. The third-order valence-electron chi connectivity index (χ3n) is 6.05. The first-order chi connectivity index (χ1) is 10.7. The fourth-order valence-corrected chi connectivity index (χ4v) is 4.00. The fourth-order valence-electron chi connectivity index (χ4n) is 4.00. The molecule has 22 heavy (non-hydrogen) atoms. The Kier molecular flexibility index (Phi) is 3.63.